The molecule has 1 N–H and O–H groups in total. The molecule has 0 amide bonds. The molecule has 0 radical (unpaired) electrons. The molecule has 0 aliphatic carbocycles. The van der Waals surface area contributed by atoms with Crippen molar-refractivity contribution in [1.29, 1.82) is 0 Å². The molecule has 1 aromatic heterocycles. The second kappa shape index (κ2) is 8.02. The van der Waals surface area contributed by atoms with Gasteiger partial charge in [-0.3, -0.25) is 0 Å². The number of ether oxygens (including phenoxy) is 1. The van der Waals surface area contributed by atoms with E-state index in [0.29, 0.717) is 6.61 Å². The second-order valence-corrected chi connectivity index (χ2v) is 5.72. The standard InChI is InChI=1S/C16H19NOS2/c1-2-17-16(19)7-4-9-18-15-6-3-5-13(11-15)14-8-10-20-12-14/h3,5-6,8,10-12H,2,4,7,9H2,1H3,(H,17,19). The summed E-state index contributed by atoms with van der Waals surface area (Å²) in [7, 11) is 0. The van der Waals surface area contributed by atoms with Gasteiger partial charge in [-0.1, -0.05) is 24.4 Å². The highest BCUT2D eigenvalue weighted by Gasteiger charge is 2.01. The smallest absolute Gasteiger partial charge is 0.119 e. The van der Waals surface area contributed by atoms with E-state index >= 15 is 0 Å². The lowest BCUT2D eigenvalue weighted by molar-refractivity contribution is 0.313. The highest BCUT2D eigenvalue weighted by atomic mass is 32.1. The van der Waals surface area contributed by atoms with Gasteiger partial charge in [0, 0.05) is 13.0 Å². The molecule has 106 valence electrons. The summed E-state index contributed by atoms with van der Waals surface area (Å²) < 4.78 is 5.79. The first-order chi connectivity index (χ1) is 9.79. The summed E-state index contributed by atoms with van der Waals surface area (Å²) in [5.74, 6) is 0.920. The predicted molar refractivity (Wildman–Crippen MR) is 90.8 cm³/mol. The van der Waals surface area contributed by atoms with Crippen molar-refractivity contribution >= 4 is 28.5 Å². The van der Waals surface area contributed by atoms with Crippen molar-refractivity contribution in [3.63, 3.8) is 0 Å². The topological polar surface area (TPSA) is 21.3 Å². The van der Waals surface area contributed by atoms with Gasteiger partial charge in [0.05, 0.1) is 11.6 Å². The van der Waals surface area contributed by atoms with E-state index in [1.807, 2.05) is 12.1 Å². The van der Waals surface area contributed by atoms with Crippen LogP contribution in [0.4, 0.5) is 0 Å². The van der Waals surface area contributed by atoms with E-state index in [1.54, 1.807) is 11.3 Å². The number of benzene rings is 1. The molecule has 0 fully saturated rings. The van der Waals surface area contributed by atoms with Gasteiger partial charge in [-0.15, -0.1) is 0 Å². The third-order valence-electron chi connectivity index (χ3n) is 2.88. The molecule has 0 unspecified atom stereocenters. The van der Waals surface area contributed by atoms with Crippen LogP contribution in [0.3, 0.4) is 0 Å². The van der Waals surface area contributed by atoms with Gasteiger partial charge in [0.2, 0.25) is 0 Å². The molecule has 0 saturated heterocycles. The Bertz CT molecular complexity index is 537. The molecule has 2 nitrogen and oxygen atoms in total. The number of thiocarbonyl (C=S) groups is 1. The summed E-state index contributed by atoms with van der Waals surface area (Å²) in [4.78, 5) is 0.920. The fourth-order valence-electron chi connectivity index (χ4n) is 1.90. The van der Waals surface area contributed by atoms with E-state index in [2.05, 4.69) is 41.2 Å². The molecule has 0 spiro atoms. The zero-order chi connectivity index (χ0) is 14.2. The van der Waals surface area contributed by atoms with Crippen LogP contribution in [0.2, 0.25) is 0 Å². The Kier molecular flexibility index (Phi) is 6.02. The quantitative estimate of drug-likeness (QED) is 0.600. The van der Waals surface area contributed by atoms with Crippen molar-refractivity contribution in [3.8, 4) is 16.9 Å². The fraction of sp³-hybridized carbons (Fsp3) is 0.312. The predicted octanol–water partition coefficient (Wildman–Crippen LogP) is 4.51. The van der Waals surface area contributed by atoms with E-state index in [0.717, 1.165) is 30.1 Å². The Morgan fingerprint density at radius 3 is 2.95 bits per heavy atom. The average molecular weight is 305 g/mol. The Morgan fingerprint density at radius 2 is 2.20 bits per heavy atom. The lowest BCUT2D eigenvalue weighted by atomic mass is 10.1. The number of nitrogens with one attached hydrogen (secondary N) is 1. The van der Waals surface area contributed by atoms with Gasteiger partial charge in [0.15, 0.2) is 0 Å². The average Bonchev–Trinajstić information content (AvgIpc) is 2.98. The van der Waals surface area contributed by atoms with Crippen LogP contribution in [0, 0.1) is 0 Å². The van der Waals surface area contributed by atoms with Crippen molar-refractivity contribution in [1.82, 2.24) is 5.32 Å². The molecule has 0 aliphatic heterocycles. The lowest BCUT2D eigenvalue weighted by Crippen LogP contribution is -2.20. The lowest BCUT2D eigenvalue weighted by Gasteiger charge is -2.08. The summed E-state index contributed by atoms with van der Waals surface area (Å²) in [5.41, 5.74) is 2.45. The van der Waals surface area contributed by atoms with Gasteiger partial charge in [-0.05, 0) is 53.4 Å². The minimum absolute atomic E-state index is 0.693. The van der Waals surface area contributed by atoms with Crippen LogP contribution in [0.15, 0.2) is 41.1 Å². The molecule has 1 aromatic carbocycles. The van der Waals surface area contributed by atoms with E-state index in [1.165, 1.54) is 11.1 Å². The third kappa shape index (κ3) is 4.62. The molecule has 1 heterocycles. The van der Waals surface area contributed by atoms with Gasteiger partial charge in [-0.2, -0.15) is 11.3 Å². The summed E-state index contributed by atoms with van der Waals surface area (Å²) in [5, 5.41) is 7.38. The zero-order valence-corrected chi connectivity index (χ0v) is 13.2. The van der Waals surface area contributed by atoms with Crippen molar-refractivity contribution < 1.29 is 4.74 Å². The van der Waals surface area contributed by atoms with Crippen molar-refractivity contribution in [2.45, 2.75) is 19.8 Å². The first-order valence-corrected chi connectivity index (χ1v) is 8.17. The highest BCUT2D eigenvalue weighted by molar-refractivity contribution is 7.80. The molecule has 4 heteroatoms. The highest BCUT2D eigenvalue weighted by Crippen LogP contribution is 2.25. The Labute approximate surface area is 129 Å². The van der Waals surface area contributed by atoms with E-state index in [4.69, 9.17) is 17.0 Å². The third-order valence-corrected chi connectivity index (χ3v) is 3.91. The van der Waals surface area contributed by atoms with Crippen LogP contribution in [0.5, 0.6) is 5.75 Å². The van der Waals surface area contributed by atoms with E-state index in [-0.39, 0.29) is 0 Å². The maximum atomic E-state index is 5.79. The van der Waals surface area contributed by atoms with Crippen molar-refractivity contribution in [2.24, 2.45) is 0 Å². The minimum Gasteiger partial charge on any atom is -0.494 e. The number of hydrogen-bond donors (Lipinski definition) is 1. The monoisotopic (exact) mass is 305 g/mol. The molecule has 0 atom stereocenters. The summed E-state index contributed by atoms with van der Waals surface area (Å²) in [6.45, 7) is 3.64. The normalized spacial score (nSPS) is 10.2. The molecule has 2 aromatic rings. The minimum atomic E-state index is 0.693. The molecular weight excluding hydrogens is 286 g/mol. The summed E-state index contributed by atoms with van der Waals surface area (Å²) >= 11 is 6.90. The molecule has 20 heavy (non-hydrogen) atoms. The number of rotatable bonds is 7. The molecule has 0 saturated carbocycles. The Morgan fingerprint density at radius 1 is 1.30 bits per heavy atom. The van der Waals surface area contributed by atoms with Gasteiger partial charge in [0.25, 0.3) is 0 Å². The number of hydrogen-bond acceptors (Lipinski definition) is 3. The van der Waals surface area contributed by atoms with Crippen LogP contribution >= 0.6 is 23.6 Å². The van der Waals surface area contributed by atoms with Gasteiger partial charge in [-0.25, -0.2) is 0 Å². The maximum absolute atomic E-state index is 5.79. The Hall–Kier alpha value is -1.39. The first kappa shape index (κ1) is 15.0. The zero-order valence-electron chi connectivity index (χ0n) is 11.6. The van der Waals surface area contributed by atoms with Crippen LogP contribution < -0.4 is 10.1 Å². The molecule has 0 aliphatic rings. The van der Waals surface area contributed by atoms with Crippen LogP contribution in [-0.2, 0) is 0 Å². The van der Waals surface area contributed by atoms with Gasteiger partial charge >= 0.3 is 0 Å². The SMILES string of the molecule is CCNC(=S)CCCOc1cccc(-c2ccsc2)c1. The van der Waals surface area contributed by atoms with Crippen LogP contribution in [0.1, 0.15) is 19.8 Å². The molecular formula is C16H19NOS2. The number of thiophene rings is 1. The van der Waals surface area contributed by atoms with Crippen molar-refractivity contribution in [3.05, 3.63) is 41.1 Å². The van der Waals surface area contributed by atoms with Crippen LogP contribution in [0.25, 0.3) is 11.1 Å². The van der Waals surface area contributed by atoms with E-state index in [9.17, 15) is 0 Å². The van der Waals surface area contributed by atoms with Crippen molar-refractivity contribution in [2.75, 3.05) is 13.2 Å². The second-order valence-electron chi connectivity index (χ2n) is 4.45. The fourth-order valence-corrected chi connectivity index (χ4v) is 2.86. The first-order valence-electron chi connectivity index (χ1n) is 6.81. The van der Waals surface area contributed by atoms with Gasteiger partial charge < -0.3 is 10.1 Å². The Balaban J connectivity index is 1.82. The summed E-state index contributed by atoms with van der Waals surface area (Å²) in [6, 6.07) is 10.3. The molecule has 0 bridgehead atoms. The molecule has 2 rings (SSSR count). The summed E-state index contributed by atoms with van der Waals surface area (Å²) in [6.07, 6.45) is 1.82. The van der Waals surface area contributed by atoms with E-state index < -0.39 is 0 Å². The largest absolute Gasteiger partial charge is 0.494 e. The van der Waals surface area contributed by atoms with Crippen LogP contribution in [-0.4, -0.2) is 18.1 Å². The van der Waals surface area contributed by atoms with Gasteiger partial charge in [0.1, 0.15) is 5.75 Å². The maximum Gasteiger partial charge on any atom is 0.119 e.